The summed E-state index contributed by atoms with van der Waals surface area (Å²) in [5.41, 5.74) is 1.09. The molecule has 3 rings (SSSR count). The molecular weight excluding hydrogens is 294 g/mol. The fourth-order valence-electron chi connectivity index (χ4n) is 1.77. The highest BCUT2D eigenvalue weighted by molar-refractivity contribution is 7.99. The summed E-state index contributed by atoms with van der Waals surface area (Å²) in [5, 5.41) is 2.89. The second-order valence-electron chi connectivity index (χ2n) is 4.40. The highest BCUT2D eigenvalue weighted by Crippen LogP contribution is 2.28. The maximum atomic E-state index is 5.93. The van der Waals surface area contributed by atoms with Gasteiger partial charge in [-0.3, -0.25) is 0 Å². The van der Waals surface area contributed by atoms with Crippen LogP contribution in [0, 0.1) is 0 Å². The van der Waals surface area contributed by atoms with Gasteiger partial charge in [-0.1, -0.05) is 18.2 Å². The van der Waals surface area contributed by atoms with E-state index in [1.807, 2.05) is 32.3 Å². The normalized spacial score (nSPS) is 10.9. The highest BCUT2D eigenvalue weighted by Gasteiger charge is 2.09. The van der Waals surface area contributed by atoms with Gasteiger partial charge in [0.1, 0.15) is 0 Å². The molecule has 1 aromatic carbocycles. The van der Waals surface area contributed by atoms with Crippen molar-refractivity contribution < 1.29 is 0 Å². The number of para-hydroxylation sites is 1. The van der Waals surface area contributed by atoms with Gasteiger partial charge in [0.05, 0.1) is 5.03 Å². The summed E-state index contributed by atoms with van der Waals surface area (Å²) in [4.78, 5) is 17.7. The third-order valence-electron chi connectivity index (χ3n) is 2.68. The van der Waals surface area contributed by atoms with Crippen molar-refractivity contribution in [2.45, 2.75) is 10.2 Å². The zero-order valence-corrected chi connectivity index (χ0v) is 12.5. The number of rotatable bonds is 3. The lowest BCUT2D eigenvalue weighted by Gasteiger charge is -2.10. The topological polar surface area (TPSA) is 57.7 Å². The molecule has 0 saturated heterocycles. The highest BCUT2D eigenvalue weighted by atomic mass is 35.5. The van der Waals surface area contributed by atoms with Crippen molar-refractivity contribution in [3.8, 4) is 0 Å². The van der Waals surface area contributed by atoms with Gasteiger partial charge < -0.3 is 9.88 Å². The molecule has 0 saturated carbocycles. The molecule has 2 heterocycles. The van der Waals surface area contributed by atoms with E-state index in [1.165, 1.54) is 11.8 Å². The molecule has 0 amide bonds. The monoisotopic (exact) mass is 305 g/mol. The number of aromatic amines is 1. The van der Waals surface area contributed by atoms with Crippen LogP contribution in [0.2, 0.25) is 5.28 Å². The van der Waals surface area contributed by atoms with Crippen LogP contribution in [0.3, 0.4) is 0 Å². The number of benzene rings is 1. The predicted octanol–water partition coefficient (Wildman–Crippen LogP) is 3.22. The Hall–Kier alpha value is -1.79. The van der Waals surface area contributed by atoms with Gasteiger partial charge in [-0.15, -0.1) is 0 Å². The first-order valence-corrected chi connectivity index (χ1v) is 7.16. The van der Waals surface area contributed by atoms with Crippen molar-refractivity contribution in [3.63, 3.8) is 0 Å². The number of nitrogens with zero attached hydrogens (tertiary/aromatic N) is 4. The minimum atomic E-state index is 0.197. The molecule has 1 N–H and O–H groups in total. The SMILES string of the molecule is CN(C)c1nc(Cl)nc(Sc2cc3ccccc3[nH]2)n1. The molecule has 5 nitrogen and oxygen atoms in total. The van der Waals surface area contributed by atoms with Crippen LogP contribution in [-0.2, 0) is 0 Å². The lowest BCUT2D eigenvalue weighted by atomic mass is 10.3. The maximum absolute atomic E-state index is 5.93. The van der Waals surface area contributed by atoms with Gasteiger partial charge >= 0.3 is 0 Å². The number of halogens is 1. The molecule has 0 fully saturated rings. The van der Waals surface area contributed by atoms with Crippen LogP contribution < -0.4 is 4.90 Å². The smallest absolute Gasteiger partial charge is 0.230 e. The number of anilines is 1. The fourth-order valence-corrected chi connectivity index (χ4v) is 2.78. The van der Waals surface area contributed by atoms with E-state index in [2.05, 4.69) is 32.1 Å². The Bertz CT molecular complexity index is 722. The Morgan fingerprint density at radius 2 is 1.95 bits per heavy atom. The zero-order chi connectivity index (χ0) is 14.1. The van der Waals surface area contributed by atoms with Crippen molar-refractivity contribution in [1.82, 2.24) is 19.9 Å². The molecule has 0 atom stereocenters. The summed E-state index contributed by atoms with van der Waals surface area (Å²) in [5.74, 6) is 0.545. The van der Waals surface area contributed by atoms with Crippen LogP contribution in [0.5, 0.6) is 0 Å². The second kappa shape index (κ2) is 5.30. The van der Waals surface area contributed by atoms with Gasteiger partial charge in [-0.05, 0) is 35.5 Å². The molecule has 0 spiro atoms. The lowest BCUT2D eigenvalue weighted by molar-refractivity contribution is 0.864. The molecule has 0 unspecified atom stereocenters. The van der Waals surface area contributed by atoms with Crippen molar-refractivity contribution in [3.05, 3.63) is 35.6 Å². The number of hydrogen-bond donors (Lipinski definition) is 1. The number of nitrogens with one attached hydrogen (secondary N) is 1. The van der Waals surface area contributed by atoms with Crippen molar-refractivity contribution in [2.75, 3.05) is 19.0 Å². The fraction of sp³-hybridized carbons (Fsp3) is 0.154. The molecular formula is C13H12ClN5S. The lowest BCUT2D eigenvalue weighted by Crippen LogP contribution is -2.13. The van der Waals surface area contributed by atoms with E-state index in [1.54, 1.807) is 4.90 Å². The number of aromatic nitrogens is 4. The first-order chi connectivity index (χ1) is 9.61. The molecule has 0 bridgehead atoms. The molecule has 20 heavy (non-hydrogen) atoms. The Balaban J connectivity index is 1.94. The summed E-state index contributed by atoms with van der Waals surface area (Å²) in [6.45, 7) is 0. The van der Waals surface area contributed by atoms with Crippen LogP contribution in [0.1, 0.15) is 0 Å². The quantitative estimate of drug-likeness (QED) is 0.805. The molecule has 0 aliphatic rings. The van der Waals surface area contributed by atoms with E-state index in [4.69, 9.17) is 11.6 Å². The molecule has 2 aromatic heterocycles. The van der Waals surface area contributed by atoms with Gasteiger partial charge in [0.2, 0.25) is 11.2 Å². The standard InChI is InChI=1S/C13H12ClN5S/c1-19(2)12-16-11(14)17-13(18-12)20-10-7-8-5-3-4-6-9(8)15-10/h3-7,15H,1-2H3. The zero-order valence-electron chi connectivity index (χ0n) is 11.0. The number of hydrogen-bond acceptors (Lipinski definition) is 5. The molecule has 3 aromatic rings. The van der Waals surface area contributed by atoms with E-state index in [-0.39, 0.29) is 5.28 Å². The van der Waals surface area contributed by atoms with Crippen LogP contribution in [0.25, 0.3) is 10.9 Å². The van der Waals surface area contributed by atoms with Crippen molar-refractivity contribution in [1.29, 1.82) is 0 Å². The summed E-state index contributed by atoms with van der Waals surface area (Å²) >= 11 is 7.36. The van der Waals surface area contributed by atoms with Gasteiger partial charge in [0, 0.05) is 25.0 Å². The number of fused-ring (bicyclic) bond motifs is 1. The maximum Gasteiger partial charge on any atom is 0.230 e. The second-order valence-corrected chi connectivity index (χ2v) is 5.75. The Morgan fingerprint density at radius 1 is 1.15 bits per heavy atom. The Kier molecular flexibility index (Phi) is 3.50. The average Bonchev–Trinajstić information content (AvgIpc) is 2.79. The van der Waals surface area contributed by atoms with E-state index in [9.17, 15) is 0 Å². The van der Waals surface area contributed by atoms with Crippen molar-refractivity contribution >= 4 is 40.2 Å². The molecule has 7 heteroatoms. The third kappa shape index (κ3) is 2.71. The predicted molar refractivity (Wildman–Crippen MR) is 81.6 cm³/mol. The summed E-state index contributed by atoms with van der Waals surface area (Å²) < 4.78 is 0. The minimum Gasteiger partial charge on any atom is -0.349 e. The first-order valence-electron chi connectivity index (χ1n) is 5.96. The third-order valence-corrected chi connectivity index (χ3v) is 3.66. The molecule has 0 radical (unpaired) electrons. The van der Waals surface area contributed by atoms with Gasteiger partial charge in [-0.25, -0.2) is 0 Å². The van der Waals surface area contributed by atoms with Gasteiger partial charge in [0.25, 0.3) is 0 Å². The minimum absolute atomic E-state index is 0.197. The summed E-state index contributed by atoms with van der Waals surface area (Å²) in [6.07, 6.45) is 0. The average molecular weight is 306 g/mol. The molecule has 0 aliphatic heterocycles. The molecule has 0 aliphatic carbocycles. The number of H-pyrrole nitrogens is 1. The summed E-state index contributed by atoms with van der Waals surface area (Å²) in [7, 11) is 3.73. The molecule has 102 valence electrons. The Morgan fingerprint density at radius 3 is 2.70 bits per heavy atom. The van der Waals surface area contributed by atoms with Crippen LogP contribution in [-0.4, -0.2) is 34.0 Å². The largest absolute Gasteiger partial charge is 0.349 e. The van der Waals surface area contributed by atoms with E-state index < -0.39 is 0 Å². The van der Waals surface area contributed by atoms with E-state index in [0.29, 0.717) is 11.1 Å². The summed E-state index contributed by atoms with van der Waals surface area (Å²) in [6, 6.07) is 10.2. The van der Waals surface area contributed by atoms with Gasteiger partial charge in [-0.2, -0.15) is 15.0 Å². The van der Waals surface area contributed by atoms with Crippen LogP contribution in [0.4, 0.5) is 5.95 Å². The van der Waals surface area contributed by atoms with Gasteiger partial charge in [0.15, 0.2) is 5.16 Å². The van der Waals surface area contributed by atoms with E-state index >= 15 is 0 Å². The Labute approximate surface area is 125 Å². The first kappa shape index (κ1) is 13.2. The van der Waals surface area contributed by atoms with Crippen molar-refractivity contribution in [2.24, 2.45) is 0 Å². The van der Waals surface area contributed by atoms with E-state index in [0.717, 1.165) is 15.9 Å². The van der Waals surface area contributed by atoms with Crippen LogP contribution >= 0.6 is 23.4 Å². The van der Waals surface area contributed by atoms with Crippen LogP contribution in [0.15, 0.2) is 40.5 Å².